The first-order chi connectivity index (χ1) is 42.5. The van der Waals surface area contributed by atoms with Crippen molar-refractivity contribution in [2.45, 2.75) is 115 Å². The van der Waals surface area contributed by atoms with Crippen LogP contribution in [0.5, 0.6) is 0 Å². The first-order valence-electron chi connectivity index (χ1n) is 22.8. The van der Waals surface area contributed by atoms with Crippen molar-refractivity contribution in [1.82, 2.24) is 0 Å². The van der Waals surface area contributed by atoms with Crippen LogP contribution in [0.25, 0.3) is 0 Å². The van der Waals surface area contributed by atoms with Gasteiger partial charge in [-0.25, -0.2) is 29.5 Å². The summed E-state index contributed by atoms with van der Waals surface area (Å²) in [6.45, 7) is 7.89. The monoisotopic (exact) mass is 2170 g/mol. The van der Waals surface area contributed by atoms with E-state index in [4.69, 9.17) is 68.3 Å². The first-order valence-corrected chi connectivity index (χ1v) is 42.1. The van der Waals surface area contributed by atoms with Crippen LogP contribution in [0.1, 0.15) is 33.4 Å². The largest absolute Gasteiger partial charge is 0.302 e. The zero-order valence-electron chi connectivity index (χ0n) is 50.8. The van der Waals surface area contributed by atoms with Gasteiger partial charge in [0, 0.05) is 196 Å². The molecule has 0 aliphatic rings. The zero-order valence-corrected chi connectivity index (χ0v) is 80.1. The Morgan fingerprint density at radius 2 is 0.515 bits per heavy atom. The molecular weight excluding hydrogens is 2130 g/mol. The van der Waals surface area contributed by atoms with E-state index in [1.807, 2.05) is 0 Å². The fraction of sp³-hybridized carbons (Fsp3) is 0.143. The second-order valence-electron chi connectivity index (χ2n) is 17.5. The van der Waals surface area contributed by atoms with Crippen molar-refractivity contribution < 1.29 is 361 Å². The Balaban J connectivity index is -0.000000266. The normalized spacial score (nSPS) is 13.6. The standard InChI is InChI=1S/2C7H8O8S3.C7H8O7S3.3C7H8O5S2.6Y/c1-4-6(17(10,11)12)2-5(16(8)9)3-7(4)18(13,14)15;1-4-2-5(16(8)9)7(18(13,14)15)3-6(4)17(10,11)12;1-4-6(16(10)11)2-5(15(8)9)3-7(4)17(12,13)14;1-5-4-6(13(8)9)2-3-7(5)14(10,11)12;1-5-2-3-6(14(10,11)12)4-7(5)13(8)9;1-5-2-3-6(13(8)9)4-7(5)14(10,11)12;;;;;;/h2*2-3H,1H3,(H,8,9)(H,10,11,12)(H,13,14,15);2-3H,1H3,(H,8,9)(H,10,11)(H,12,13,14);3*2-4H,1H3,(H,8,9)(H,10,11,12);;;;;;. The van der Waals surface area contributed by atoms with E-state index in [2.05, 4.69) is 0 Å². The maximum Gasteiger partial charge on any atom is 0.295 e. The summed E-state index contributed by atoms with van der Waals surface area (Å²) in [6.07, 6.45) is 0. The molecular formula is C42H48O38S15Y6. The fourth-order valence-corrected chi connectivity index (χ4v) is 16.8. The van der Waals surface area contributed by atoms with Gasteiger partial charge in [0.15, 0.2) is 77.6 Å². The molecule has 6 aromatic rings. The summed E-state index contributed by atoms with van der Waals surface area (Å²) < 4.78 is 382. The van der Waals surface area contributed by atoms with Gasteiger partial charge < -0.3 is 31.9 Å². The van der Waals surface area contributed by atoms with Crippen LogP contribution in [0, 0.1) is 41.5 Å². The van der Waals surface area contributed by atoms with E-state index in [-0.39, 0.29) is 252 Å². The molecule has 7 atom stereocenters. The summed E-state index contributed by atoms with van der Waals surface area (Å²) >= 11 is -17.2. The van der Waals surface area contributed by atoms with Crippen LogP contribution in [0.15, 0.2) is 164 Å². The van der Waals surface area contributed by atoms with Gasteiger partial charge in [-0.15, -0.1) is 0 Å². The molecule has 0 amide bonds. The number of rotatable bonds is 15. The van der Waals surface area contributed by atoms with Crippen molar-refractivity contribution in [3.05, 3.63) is 124 Å². The molecule has 0 fully saturated rings. The van der Waals surface area contributed by atoms with Gasteiger partial charge in [-0.05, 0) is 154 Å². The minimum absolute atomic E-state index is 0. The van der Waals surface area contributed by atoms with E-state index in [0.29, 0.717) is 29.3 Å². The smallest absolute Gasteiger partial charge is 0.295 e. The summed E-state index contributed by atoms with van der Waals surface area (Å²) in [7, 11) is -36.8. The minimum Gasteiger partial charge on any atom is -0.302 e. The summed E-state index contributed by atoms with van der Waals surface area (Å²) in [5, 5.41) is 0. The maximum atomic E-state index is 11.0. The minimum atomic E-state index is -4.91. The topological polar surface area (TPSA) is 696 Å². The van der Waals surface area contributed by atoms with Crippen molar-refractivity contribution in [3.8, 4) is 0 Å². The molecule has 0 spiro atoms. The van der Waals surface area contributed by atoms with Crippen LogP contribution < -0.4 is 0 Å². The van der Waals surface area contributed by atoms with Gasteiger partial charge in [-0.3, -0.25) is 36.4 Å². The van der Waals surface area contributed by atoms with Gasteiger partial charge >= 0.3 is 0 Å². The maximum absolute atomic E-state index is 11.0. The van der Waals surface area contributed by atoms with Crippen LogP contribution in [0.3, 0.4) is 0 Å². The Labute approximate surface area is 746 Å². The van der Waals surface area contributed by atoms with Crippen molar-refractivity contribution in [1.29, 1.82) is 0 Å². The first kappa shape index (κ1) is 114. The predicted octanol–water partition coefficient (Wildman–Crippen LogP) is 2.99. The molecule has 38 nitrogen and oxygen atoms in total. The molecule has 0 saturated heterocycles. The number of aryl methyl sites for hydroxylation is 4. The Morgan fingerprint density at radius 1 is 0.228 bits per heavy atom. The third-order valence-electron chi connectivity index (χ3n) is 10.9. The van der Waals surface area contributed by atoms with E-state index >= 15 is 0 Å². The summed E-state index contributed by atoms with van der Waals surface area (Å²) in [4.78, 5) is -7.23. The molecule has 0 aliphatic heterocycles. The van der Waals surface area contributed by atoms with Crippen LogP contribution in [-0.2, 0) is 355 Å². The number of hydrogen-bond acceptors (Lipinski definition) is 23. The summed E-state index contributed by atoms with van der Waals surface area (Å²) in [5.74, 6) is 0. The number of benzene rings is 6. The molecule has 15 N–H and O–H groups in total. The van der Waals surface area contributed by atoms with Gasteiger partial charge in [-0.1, -0.05) is 12.1 Å². The molecule has 0 bridgehead atoms. The Bertz CT molecular complexity index is 5090. The van der Waals surface area contributed by atoms with Crippen molar-refractivity contribution in [3.63, 3.8) is 0 Å². The van der Waals surface area contributed by atoms with Crippen molar-refractivity contribution >= 4 is 159 Å². The molecule has 101 heavy (non-hydrogen) atoms. The van der Waals surface area contributed by atoms with Gasteiger partial charge in [0.25, 0.3) is 80.9 Å². The average Bonchev–Trinajstić information content (AvgIpc) is 0.793. The van der Waals surface area contributed by atoms with Crippen molar-refractivity contribution in [2.24, 2.45) is 0 Å². The quantitative estimate of drug-likeness (QED) is 0.0519. The molecule has 0 heterocycles. The van der Waals surface area contributed by atoms with Gasteiger partial charge in [0.1, 0.15) is 4.90 Å². The third-order valence-corrected chi connectivity index (χ3v) is 23.6. The molecule has 7 unspecified atom stereocenters. The second-order valence-corrected chi connectivity index (χ2v) is 35.3. The predicted molar refractivity (Wildman–Crippen MR) is 329 cm³/mol. The van der Waals surface area contributed by atoms with E-state index in [0.717, 1.165) is 43.3 Å². The molecule has 0 saturated carbocycles. The van der Waals surface area contributed by atoms with Gasteiger partial charge in [-0.2, -0.15) is 67.3 Å². The Kier molecular flexibility index (Phi) is 52.8. The number of hydrogen-bond donors (Lipinski definition) is 15. The van der Waals surface area contributed by atoms with E-state index in [1.165, 1.54) is 64.1 Å². The van der Waals surface area contributed by atoms with Crippen LogP contribution in [-0.4, -0.2) is 165 Å². The van der Waals surface area contributed by atoms with Gasteiger partial charge in [0.05, 0.1) is 68.5 Å². The van der Waals surface area contributed by atoms with Crippen LogP contribution >= 0.6 is 0 Å². The SMILES string of the molecule is Cc1c(S(=O)(=O)O)cc(S(=O)O)cc1S(=O)(=O)O.Cc1c(S(=O)O)cc(S(=O)O)cc1S(=O)(=O)O.Cc1cc(S(=O)O)c(S(=O)(=O)O)cc1S(=O)(=O)O.Cc1cc(S(=O)O)ccc1S(=O)(=O)O.Cc1ccc(S(=O)(=O)O)cc1S(=O)O.Cc1ccc(S(=O)O)cc1S(=O)(=O)O.[Y].[Y].[Y].[Y].[Y].[Y]. The average molecular weight is 2180 g/mol. The second kappa shape index (κ2) is 46.9. The Hall–Kier alpha value is 1.99. The summed E-state index contributed by atoms with van der Waals surface area (Å²) in [5.41, 5.74) is 0.298. The molecule has 0 aliphatic carbocycles. The van der Waals surface area contributed by atoms with E-state index < -0.39 is 198 Å². The van der Waals surface area contributed by atoms with Crippen LogP contribution in [0.2, 0.25) is 0 Å². The summed E-state index contributed by atoms with van der Waals surface area (Å²) in [6, 6.07) is 14.8. The van der Waals surface area contributed by atoms with Crippen LogP contribution in [0.4, 0.5) is 0 Å². The molecule has 6 radical (unpaired) electrons. The van der Waals surface area contributed by atoms with Gasteiger partial charge in [0.2, 0.25) is 0 Å². The third kappa shape index (κ3) is 37.5. The molecule has 552 valence electrons. The Morgan fingerprint density at radius 3 is 0.832 bits per heavy atom. The zero-order chi connectivity index (χ0) is 74.8. The van der Waals surface area contributed by atoms with E-state index in [1.54, 1.807) is 6.92 Å². The molecule has 0 aromatic heterocycles. The molecule has 6 rings (SSSR count). The molecule has 59 heteroatoms. The fourth-order valence-electron chi connectivity index (χ4n) is 6.64. The van der Waals surface area contributed by atoms with E-state index in [9.17, 15) is 96.8 Å². The van der Waals surface area contributed by atoms with Crippen molar-refractivity contribution in [2.75, 3.05) is 0 Å². The molecule has 6 aromatic carbocycles.